The summed E-state index contributed by atoms with van der Waals surface area (Å²) in [7, 11) is 0. The molecule has 2 N–H and O–H groups in total. The fraction of sp³-hybridized carbons (Fsp3) is 0.292. The van der Waals surface area contributed by atoms with Crippen LogP contribution in [0.5, 0.6) is 46.0 Å². The van der Waals surface area contributed by atoms with Gasteiger partial charge in [0.15, 0.2) is 0 Å². The van der Waals surface area contributed by atoms with E-state index in [0.29, 0.717) is 70.2 Å². The molecule has 0 bridgehead atoms. The van der Waals surface area contributed by atoms with Gasteiger partial charge in [0.1, 0.15) is 46.0 Å². The first-order chi connectivity index (χ1) is 29.6. The molecule has 4 aromatic carbocycles. The van der Waals surface area contributed by atoms with Crippen LogP contribution in [-0.2, 0) is 65.3 Å². The van der Waals surface area contributed by atoms with E-state index in [4.69, 9.17) is 28.4 Å². The lowest BCUT2D eigenvalue weighted by Crippen LogP contribution is -2.43. The molecule has 320 valence electrons. The van der Waals surface area contributed by atoms with Gasteiger partial charge in [0.2, 0.25) is 0 Å². The quantitative estimate of drug-likeness (QED) is 0.104. The second-order valence-electron chi connectivity index (χ2n) is 15.3. The molecule has 8 rings (SSSR count). The zero-order chi connectivity index (χ0) is 44.7. The van der Waals surface area contributed by atoms with Crippen LogP contribution in [0.2, 0.25) is 0 Å². The molecule has 14 nitrogen and oxygen atoms in total. The van der Waals surface area contributed by atoms with Crippen molar-refractivity contribution in [2.75, 3.05) is 0 Å². The number of carbonyl (C=O) groups is 6. The van der Waals surface area contributed by atoms with Crippen LogP contribution in [0, 0.1) is 0 Å². The smallest absolute Gasteiger partial charge is 0.335 e. The van der Waals surface area contributed by atoms with E-state index in [1.54, 1.807) is 24.3 Å². The highest BCUT2D eigenvalue weighted by Gasteiger charge is 2.51. The first-order valence-electron chi connectivity index (χ1n) is 20.2. The topological polar surface area (TPSA) is 198 Å². The Morgan fingerprint density at radius 2 is 0.790 bits per heavy atom. The van der Waals surface area contributed by atoms with Gasteiger partial charge in [-0.25, -0.2) is 9.59 Å². The lowest BCUT2D eigenvalue weighted by Gasteiger charge is -2.41. The highest BCUT2D eigenvalue weighted by atomic mass is 16.6. The predicted octanol–water partition coefficient (Wildman–Crippen LogP) is 7.03. The third-order valence-corrected chi connectivity index (χ3v) is 11.7. The molecule has 4 aliphatic heterocycles. The maximum atomic E-state index is 12.8. The van der Waals surface area contributed by atoms with E-state index in [0.717, 1.165) is 12.2 Å². The predicted molar refractivity (Wildman–Crippen MR) is 221 cm³/mol. The number of ether oxygens (including phenoxy) is 6. The van der Waals surface area contributed by atoms with Crippen molar-refractivity contribution in [3.8, 4) is 46.0 Å². The van der Waals surface area contributed by atoms with E-state index in [9.17, 15) is 39.0 Å². The molecular weight excluding hydrogens is 801 g/mol. The molecule has 0 fully saturated rings. The molecule has 0 atom stereocenters. The minimum Gasteiger partial charge on any atom is -0.508 e. The molecule has 4 heterocycles. The Hall–Kier alpha value is -7.22. The minimum atomic E-state index is -1.06. The van der Waals surface area contributed by atoms with Crippen molar-refractivity contribution in [1.82, 2.24) is 0 Å². The number of esters is 6. The fourth-order valence-electron chi connectivity index (χ4n) is 8.68. The lowest BCUT2D eigenvalue weighted by atomic mass is 9.66. The number of carbonyl (C=O) groups excluding carboxylic acids is 6. The molecule has 0 amide bonds. The van der Waals surface area contributed by atoms with Crippen molar-refractivity contribution in [3.63, 3.8) is 0 Å². The Kier molecular flexibility index (Phi) is 11.5. The van der Waals surface area contributed by atoms with Crippen LogP contribution in [0.25, 0.3) is 0 Å². The van der Waals surface area contributed by atoms with E-state index in [-0.39, 0.29) is 71.7 Å². The first kappa shape index (κ1) is 42.9. The van der Waals surface area contributed by atoms with E-state index < -0.39 is 46.6 Å². The van der Waals surface area contributed by atoms with Crippen molar-refractivity contribution in [1.29, 1.82) is 0 Å². The van der Waals surface area contributed by atoms with E-state index >= 15 is 0 Å². The third kappa shape index (κ3) is 7.56. The summed E-state index contributed by atoms with van der Waals surface area (Å²) in [5.41, 5.74) is 3.40. The van der Waals surface area contributed by atoms with E-state index in [2.05, 4.69) is 13.2 Å². The fourth-order valence-corrected chi connectivity index (χ4v) is 8.68. The molecule has 2 spiro atoms. The summed E-state index contributed by atoms with van der Waals surface area (Å²) >= 11 is 0. The summed E-state index contributed by atoms with van der Waals surface area (Å²) in [5.74, 6) is -1.78. The molecule has 0 unspecified atom stereocenters. The number of phenolic OH excluding ortho intramolecular Hbond substituents is 2. The first-order valence-corrected chi connectivity index (χ1v) is 20.2. The molecule has 62 heavy (non-hydrogen) atoms. The van der Waals surface area contributed by atoms with E-state index in [1.165, 1.54) is 24.3 Å². The normalized spacial score (nSPS) is 16.1. The number of phenols is 2. The van der Waals surface area contributed by atoms with Crippen molar-refractivity contribution < 1.29 is 67.4 Å². The maximum Gasteiger partial charge on any atom is 0.335 e. The van der Waals surface area contributed by atoms with Gasteiger partial charge in [-0.15, -0.1) is 0 Å². The van der Waals surface area contributed by atoms with Crippen LogP contribution in [0.4, 0.5) is 0 Å². The number of benzene rings is 4. The summed E-state index contributed by atoms with van der Waals surface area (Å²) in [5, 5.41) is 20.4. The molecule has 0 saturated carbocycles. The number of rotatable bonds is 8. The molecule has 4 aromatic rings. The van der Waals surface area contributed by atoms with Gasteiger partial charge in [-0.1, -0.05) is 40.9 Å². The van der Waals surface area contributed by atoms with Crippen LogP contribution < -0.4 is 28.4 Å². The van der Waals surface area contributed by atoms with Crippen molar-refractivity contribution in [2.24, 2.45) is 0 Å². The van der Waals surface area contributed by atoms with Crippen molar-refractivity contribution in [3.05, 3.63) is 118 Å². The highest BCUT2D eigenvalue weighted by Crippen LogP contribution is 2.56. The van der Waals surface area contributed by atoms with Gasteiger partial charge >= 0.3 is 35.8 Å². The monoisotopic (exact) mass is 844 g/mol. The van der Waals surface area contributed by atoms with Gasteiger partial charge in [0.05, 0.1) is 25.7 Å². The average molecular weight is 845 g/mol. The van der Waals surface area contributed by atoms with Crippen LogP contribution in [0.3, 0.4) is 0 Å². The third-order valence-electron chi connectivity index (χ3n) is 11.7. The second-order valence-corrected chi connectivity index (χ2v) is 15.3. The lowest BCUT2D eigenvalue weighted by molar-refractivity contribution is -0.142. The van der Waals surface area contributed by atoms with Crippen molar-refractivity contribution in [2.45, 2.75) is 89.9 Å². The zero-order valence-corrected chi connectivity index (χ0v) is 34.6. The number of fused-ring (bicyclic) bond motifs is 8. The van der Waals surface area contributed by atoms with E-state index in [1.807, 2.05) is 27.7 Å². The van der Waals surface area contributed by atoms with Gasteiger partial charge in [0, 0.05) is 69.5 Å². The van der Waals surface area contributed by atoms with Gasteiger partial charge in [-0.3, -0.25) is 19.2 Å². The summed E-state index contributed by atoms with van der Waals surface area (Å²) < 4.78 is 32.5. The second kappa shape index (κ2) is 16.7. The van der Waals surface area contributed by atoms with Gasteiger partial charge in [0.25, 0.3) is 0 Å². The molecule has 0 saturated heterocycles. The molecule has 0 radical (unpaired) electrons. The number of hydrogen-bond acceptors (Lipinski definition) is 14. The van der Waals surface area contributed by atoms with Gasteiger partial charge < -0.3 is 38.6 Å². The minimum absolute atomic E-state index is 0.00996. The SMILES string of the molecule is C=CC(=O)Oc1cc2c(cc1CC)C1(CC(=O)O2)CC(=O)Oc2cc(OC(=O)C=C)c(CC)cc21.CCc1cc2c(cc1O)OC(=O)CC21CC(=O)Oc2cc(O)c(CC)cc21. The molecule has 14 heteroatoms. The number of aryl methyl sites for hydroxylation is 4. The Morgan fingerprint density at radius 1 is 0.516 bits per heavy atom. The van der Waals surface area contributed by atoms with Gasteiger partial charge in [-0.05, 0) is 72.2 Å². The Morgan fingerprint density at radius 3 is 1.06 bits per heavy atom. The van der Waals surface area contributed by atoms with Crippen LogP contribution in [-0.4, -0.2) is 46.0 Å². The zero-order valence-electron chi connectivity index (χ0n) is 34.6. The van der Waals surface area contributed by atoms with Crippen LogP contribution in [0.1, 0.15) is 97.9 Å². The highest BCUT2D eigenvalue weighted by molar-refractivity contribution is 5.89. The van der Waals surface area contributed by atoms with Crippen LogP contribution in [0.15, 0.2) is 73.8 Å². The number of hydrogen-bond donors (Lipinski definition) is 2. The molecule has 4 aliphatic rings. The Labute approximate surface area is 356 Å². The van der Waals surface area contributed by atoms with Crippen molar-refractivity contribution >= 4 is 35.8 Å². The van der Waals surface area contributed by atoms with Gasteiger partial charge in [-0.2, -0.15) is 0 Å². The molecular formula is C48H44O14. The molecule has 0 aliphatic carbocycles. The maximum absolute atomic E-state index is 12.8. The summed E-state index contributed by atoms with van der Waals surface area (Å²) in [4.78, 5) is 74.0. The standard InChI is InChI=1S/C27H24O8.C21H20O6/c1-5-15-9-17-21(11-19(15)32-23(28)7-3)34-25(30)13-27(17)14-26(31)35-22-12-20(33-24(29)8-4)16(6-2)10-18(22)27;1-3-11-5-13-17(7-15(11)22)26-19(24)9-21(13)10-20(25)27-18-8-16(23)12(4-2)6-14(18)21/h7-12H,3-6,13-14H2,1-2H3;5-8,22-23H,3-4,9-10H2,1-2H3. The molecule has 0 aromatic heterocycles. The Balaban J connectivity index is 0.000000192. The summed E-state index contributed by atoms with van der Waals surface area (Å²) in [6, 6.07) is 13.1. The average Bonchev–Trinajstić information content (AvgIpc) is 3.22. The number of aromatic hydroxyl groups is 2. The van der Waals surface area contributed by atoms with Crippen LogP contribution >= 0.6 is 0 Å². The summed E-state index contributed by atoms with van der Waals surface area (Å²) in [6.45, 7) is 14.4. The summed E-state index contributed by atoms with van der Waals surface area (Å²) in [6.07, 6.45) is 4.11. The largest absolute Gasteiger partial charge is 0.508 e. The Bertz CT molecular complexity index is 2440.